The fourth-order valence-corrected chi connectivity index (χ4v) is 3.46. The molecule has 3 aromatic rings. The van der Waals surface area contributed by atoms with Crippen molar-refractivity contribution in [3.63, 3.8) is 0 Å². The number of carbonyl (C=O) groups is 2. The van der Waals surface area contributed by atoms with Crippen molar-refractivity contribution < 1.29 is 19.2 Å². The van der Waals surface area contributed by atoms with Crippen molar-refractivity contribution in [3.05, 3.63) is 112 Å². The SMILES string of the molecule is COc1ccc([C@H](C[N+](=O)[O-])C(C(=O)c2ccccc2)C(=O)c2ccccc2)cc1. The molecule has 152 valence electrons. The first-order chi connectivity index (χ1) is 14.5. The first-order valence-electron chi connectivity index (χ1n) is 9.45. The van der Waals surface area contributed by atoms with Gasteiger partial charge in [0.1, 0.15) is 5.75 Å². The summed E-state index contributed by atoms with van der Waals surface area (Å²) in [4.78, 5) is 37.8. The van der Waals surface area contributed by atoms with Crippen LogP contribution >= 0.6 is 0 Å². The molecule has 0 saturated heterocycles. The van der Waals surface area contributed by atoms with Gasteiger partial charge in [0.05, 0.1) is 18.9 Å². The molecule has 0 aliphatic heterocycles. The Bertz CT molecular complexity index is 965. The summed E-state index contributed by atoms with van der Waals surface area (Å²) in [7, 11) is 1.52. The van der Waals surface area contributed by atoms with Gasteiger partial charge in [-0.05, 0) is 17.7 Å². The number of nitro groups is 1. The van der Waals surface area contributed by atoms with Gasteiger partial charge in [0.15, 0.2) is 11.6 Å². The Hall–Kier alpha value is -3.80. The second-order valence-electron chi connectivity index (χ2n) is 6.83. The van der Waals surface area contributed by atoms with E-state index in [4.69, 9.17) is 4.74 Å². The molecule has 30 heavy (non-hydrogen) atoms. The van der Waals surface area contributed by atoms with Crippen LogP contribution in [-0.4, -0.2) is 30.1 Å². The average Bonchev–Trinajstić information content (AvgIpc) is 2.79. The van der Waals surface area contributed by atoms with E-state index in [1.165, 1.54) is 7.11 Å². The predicted molar refractivity (Wildman–Crippen MR) is 113 cm³/mol. The van der Waals surface area contributed by atoms with E-state index in [1.807, 2.05) is 0 Å². The molecular formula is C24H21NO5. The maximum atomic E-state index is 13.4. The van der Waals surface area contributed by atoms with Crippen molar-refractivity contribution in [3.8, 4) is 5.75 Å². The molecule has 0 radical (unpaired) electrons. The fourth-order valence-electron chi connectivity index (χ4n) is 3.46. The molecule has 0 heterocycles. The van der Waals surface area contributed by atoms with Crippen LogP contribution in [0.5, 0.6) is 5.75 Å². The van der Waals surface area contributed by atoms with E-state index in [2.05, 4.69) is 0 Å². The zero-order valence-corrected chi connectivity index (χ0v) is 16.4. The molecule has 0 unspecified atom stereocenters. The zero-order valence-electron chi connectivity index (χ0n) is 16.4. The number of methoxy groups -OCH3 is 1. The van der Waals surface area contributed by atoms with Crippen molar-refractivity contribution in [1.82, 2.24) is 0 Å². The number of carbonyl (C=O) groups excluding carboxylic acids is 2. The Labute approximate surface area is 174 Å². The van der Waals surface area contributed by atoms with Gasteiger partial charge in [0.2, 0.25) is 6.54 Å². The van der Waals surface area contributed by atoms with Crippen LogP contribution in [0.4, 0.5) is 0 Å². The molecule has 3 aromatic carbocycles. The minimum atomic E-state index is -1.23. The maximum Gasteiger partial charge on any atom is 0.211 e. The molecule has 0 saturated carbocycles. The molecule has 0 fully saturated rings. The third-order valence-corrected chi connectivity index (χ3v) is 4.97. The van der Waals surface area contributed by atoms with Gasteiger partial charge < -0.3 is 4.74 Å². The second kappa shape index (κ2) is 9.60. The topological polar surface area (TPSA) is 86.5 Å². The van der Waals surface area contributed by atoms with E-state index >= 15 is 0 Å². The lowest BCUT2D eigenvalue weighted by Crippen LogP contribution is -2.34. The van der Waals surface area contributed by atoms with Crippen LogP contribution in [0.1, 0.15) is 32.2 Å². The highest BCUT2D eigenvalue weighted by atomic mass is 16.6. The molecule has 0 N–H and O–H groups in total. The smallest absolute Gasteiger partial charge is 0.211 e. The number of benzene rings is 3. The predicted octanol–water partition coefficient (Wildman–Crippen LogP) is 4.44. The van der Waals surface area contributed by atoms with Gasteiger partial charge in [0.25, 0.3) is 0 Å². The Morgan fingerprint density at radius 1 is 0.833 bits per heavy atom. The third kappa shape index (κ3) is 4.78. The third-order valence-electron chi connectivity index (χ3n) is 4.97. The summed E-state index contributed by atoms with van der Waals surface area (Å²) < 4.78 is 5.16. The van der Waals surface area contributed by atoms with E-state index in [-0.39, 0.29) is 0 Å². The summed E-state index contributed by atoms with van der Waals surface area (Å²) in [6.07, 6.45) is 0. The number of rotatable bonds is 9. The Kier molecular flexibility index (Phi) is 6.70. The summed E-state index contributed by atoms with van der Waals surface area (Å²) in [5.74, 6) is -2.45. The summed E-state index contributed by atoms with van der Waals surface area (Å²) >= 11 is 0. The van der Waals surface area contributed by atoms with E-state index in [9.17, 15) is 19.7 Å². The van der Waals surface area contributed by atoms with Gasteiger partial charge in [-0.1, -0.05) is 72.8 Å². The summed E-state index contributed by atoms with van der Waals surface area (Å²) in [6, 6.07) is 23.5. The Morgan fingerprint density at radius 2 is 1.30 bits per heavy atom. The number of ether oxygens (including phenoxy) is 1. The van der Waals surface area contributed by atoms with Crippen molar-refractivity contribution in [1.29, 1.82) is 0 Å². The average molecular weight is 403 g/mol. The van der Waals surface area contributed by atoms with Crippen molar-refractivity contribution >= 4 is 11.6 Å². The van der Waals surface area contributed by atoms with Gasteiger partial charge in [-0.15, -0.1) is 0 Å². The van der Waals surface area contributed by atoms with Gasteiger partial charge in [-0.2, -0.15) is 0 Å². The van der Waals surface area contributed by atoms with Crippen LogP contribution in [0.15, 0.2) is 84.9 Å². The summed E-state index contributed by atoms with van der Waals surface area (Å²) in [5, 5.41) is 11.5. The molecule has 1 atom stereocenters. The minimum absolute atomic E-state index is 0.341. The van der Waals surface area contributed by atoms with E-state index in [0.717, 1.165) is 0 Å². The van der Waals surface area contributed by atoms with Crippen molar-refractivity contribution in [2.24, 2.45) is 5.92 Å². The van der Waals surface area contributed by atoms with Crippen LogP contribution in [0, 0.1) is 16.0 Å². The number of hydrogen-bond donors (Lipinski definition) is 0. The van der Waals surface area contributed by atoms with Crippen LogP contribution < -0.4 is 4.74 Å². The molecule has 0 bridgehead atoms. The molecule has 6 nitrogen and oxygen atoms in total. The van der Waals surface area contributed by atoms with Gasteiger partial charge in [-0.25, -0.2) is 0 Å². The molecule has 0 aromatic heterocycles. The van der Waals surface area contributed by atoms with Crippen LogP contribution in [-0.2, 0) is 0 Å². The molecular weight excluding hydrogens is 382 g/mol. The summed E-state index contributed by atoms with van der Waals surface area (Å²) in [5.41, 5.74) is 1.22. The first-order valence-corrected chi connectivity index (χ1v) is 9.45. The van der Waals surface area contributed by atoms with Crippen LogP contribution in [0.2, 0.25) is 0 Å². The van der Waals surface area contributed by atoms with Crippen molar-refractivity contribution in [2.75, 3.05) is 13.7 Å². The Balaban J connectivity index is 2.11. The van der Waals surface area contributed by atoms with Gasteiger partial charge in [-0.3, -0.25) is 19.7 Å². The quantitative estimate of drug-likeness (QED) is 0.228. The number of nitrogens with zero attached hydrogens (tertiary/aromatic N) is 1. The molecule has 3 rings (SSSR count). The van der Waals surface area contributed by atoms with E-state index < -0.39 is 34.9 Å². The lowest BCUT2D eigenvalue weighted by Gasteiger charge is -2.23. The lowest BCUT2D eigenvalue weighted by atomic mass is 9.77. The monoisotopic (exact) mass is 403 g/mol. The molecule has 0 amide bonds. The maximum absolute atomic E-state index is 13.4. The highest BCUT2D eigenvalue weighted by Crippen LogP contribution is 2.32. The standard InChI is InChI=1S/C24H21NO5/c1-30-20-14-12-17(13-15-20)21(16-25(28)29)22(23(26)18-8-4-2-5-9-18)24(27)19-10-6-3-7-11-19/h2-15,21-22H,16H2,1H3/t21-/m0/s1. The number of hydrogen-bond acceptors (Lipinski definition) is 5. The highest BCUT2D eigenvalue weighted by Gasteiger charge is 2.39. The first kappa shape index (κ1) is 20.9. The molecule has 6 heteroatoms. The molecule has 0 aliphatic carbocycles. The molecule has 0 aliphatic rings. The van der Waals surface area contributed by atoms with E-state index in [0.29, 0.717) is 22.4 Å². The van der Waals surface area contributed by atoms with Crippen molar-refractivity contribution in [2.45, 2.75) is 5.92 Å². The molecule has 0 spiro atoms. The Morgan fingerprint density at radius 3 is 1.70 bits per heavy atom. The normalized spacial score (nSPS) is 11.7. The van der Waals surface area contributed by atoms with Crippen LogP contribution in [0.25, 0.3) is 0 Å². The summed E-state index contributed by atoms with van der Waals surface area (Å²) in [6.45, 7) is -0.547. The van der Waals surface area contributed by atoms with E-state index in [1.54, 1.807) is 84.9 Å². The second-order valence-corrected chi connectivity index (χ2v) is 6.83. The number of Topliss-reactive ketones (excluding diaryl/α,β-unsaturated/α-hetero) is 2. The van der Waals surface area contributed by atoms with Crippen LogP contribution in [0.3, 0.4) is 0 Å². The van der Waals surface area contributed by atoms with Gasteiger partial charge in [0, 0.05) is 16.1 Å². The van der Waals surface area contributed by atoms with Gasteiger partial charge >= 0.3 is 0 Å². The largest absolute Gasteiger partial charge is 0.497 e. The number of ketones is 2. The fraction of sp³-hybridized carbons (Fsp3) is 0.167. The lowest BCUT2D eigenvalue weighted by molar-refractivity contribution is -0.484. The zero-order chi connectivity index (χ0) is 21.5. The minimum Gasteiger partial charge on any atom is -0.497 e. The highest BCUT2D eigenvalue weighted by molar-refractivity contribution is 6.16.